The van der Waals surface area contributed by atoms with E-state index < -0.39 is 12.2 Å². The van der Waals surface area contributed by atoms with E-state index in [9.17, 15) is 15.3 Å². The Morgan fingerprint density at radius 3 is 2.65 bits per heavy atom. The Balaban J connectivity index is 2.38. The van der Waals surface area contributed by atoms with Crippen LogP contribution < -0.4 is 5.32 Å². The van der Waals surface area contributed by atoms with Crippen molar-refractivity contribution in [3.8, 4) is 12.3 Å². The Hall–Kier alpha value is -1.43. The molecule has 0 bridgehead atoms. The fraction of sp³-hybridized carbons (Fsp3) is 0.667. The molecular formula is C18H26ClN3O4. The van der Waals surface area contributed by atoms with E-state index in [0.29, 0.717) is 43.2 Å². The molecule has 7 nitrogen and oxygen atoms in total. The molecule has 1 aromatic heterocycles. The molecule has 1 fully saturated rings. The van der Waals surface area contributed by atoms with Gasteiger partial charge in [-0.1, -0.05) is 24.4 Å². The first-order chi connectivity index (χ1) is 12.5. The quantitative estimate of drug-likeness (QED) is 0.301. The third-order valence-corrected chi connectivity index (χ3v) is 5.29. The monoisotopic (exact) mass is 383 g/mol. The molecule has 5 atom stereocenters. The minimum atomic E-state index is -0.968. The molecule has 1 aliphatic rings. The van der Waals surface area contributed by atoms with Crippen LogP contribution in [0.1, 0.15) is 36.9 Å². The molecule has 2 rings (SSSR count). The molecule has 0 spiro atoms. The van der Waals surface area contributed by atoms with Gasteiger partial charge in [0.1, 0.15) is 0 Å². The summed E-state index contributed by atoms with van der Waals surface area (Å²) in [5, 5.41) is 33.3. The highest BCUT2D eigenvalue weighted by Gasteiger charge is 2.45. The maximum atomic E-state index is 10.5. The Bertz CT molecular complexity index is 652. The predicted octanol–water partition coefficient (Wildman–Crippen LogP) is 1.01. The van der Waals surface area contributed by atoms with Crippen LogP contribution in [0.3, 0.4) is 0 Å². The van der Waals surface area contributed by atoms with Crippen molar-refractivity contribution in [1.29, 1.82) is 0 Å². The molecule has 1 aromatic rings. The van der Waals surface area contributed by atoms with Crippen LogP contribution in [-0.2, 0) is 4.74 Å². The third-order valence-electron chi connectivity index (χ3n) is 5.02. The maximum absolute atomic E-state index is 10.5. The molecule has 144 valence electrons. The molecule has 4 N–H and O–H groups in total. The van der Waals surface area contributed by atoms with Crippen LogP contribution in [0.4, 0.5) is 5.95 Å². The molecule has 0 aliphatic heterocycles. The van der Waals surface area contributed by atoms with Gasteiger partial charge < -0.3 is 25.4 Å². The second-order valence-electron chi connectivity index (χ2n) is 6.50. The Morgan fingerprint density at radius 1 is 1.38 bits per heavy atom. The Morgan fingerprint density at radius 2 is 2.12 bits per heavy atom. The number of ether oxygens (including phenoxy) is 1. The lowest BCUT2D eigenvalue weighted by Gasteiger charge is -2.26. The number of anilines is 1. The van der Waals surface area contributed by atoms with Crippen molar-refractivity contribution in [3.05, 3.63) is 16.4 Å². The maximum Gasteiger partial charge on any atom is 0.224 e. The van der Waals surface area contributed by atoms with Crippen LogP contribution >= 0.6 is 11.6 Å². The van der Waals surface area contributed by atoms with E-state index in [1.165, 1.54) is 0 Å². The molecule has 5 unspecified atom stereocenters. The molecular weight excluding hydrogens is 358 g/mol. The molecule has 1 aliphatic carbocycles. The number of aromatic nitrogens is 2. The van der Waals surface area contributed by atoms with E-state index in [1.54, 1.807) is 7.11 Å². The third kappa shape index (κ3) is 4.27. The first kappa shape index (κ1) is 20.9. The summed E-state index contributed by atoms with van der Waals surface area (Å²) >= 11 is 6.26. The van der Waals surface area contributed by atoms with Crippen molar-refractivity contribution in [2.75, 3.05) is 32.2 Å². The Kier molecular flexibility index (Phi) is 7.62. The summed E-state index contributed by atoms with van der Waals surface area (Å²) in [7, 11) is 1.60. The number of hydrogen-bond donors (Lipinski definition) is 4. The second kappa shape index (κ2) is 9.49. The van der Waals surface area contributed by atoms with Crippen molar-refractivity contribution in [3.63, 3.8) is 0 Å². The van der Waals surface area contributed by atoms with Crippen molar-refractivity contribution in [1.82, 2.24) is 9.97 Å². The number of aliphatic hydroxyl groups is 3. The van der Waals surface area contributed by atoms with Crippen molar-refractivity contribution >= 4 is 17.5 Å². The van der Waals surface area contributed by atoms with E-state index in [-0.39, 0.29) is 29.5 Å². The van der Waals surface area contributed by atoms with E-state index in [0.717, 1.165) is 0 Å². The molecule has 8 heteroatoms. The van der Waals surface area contributed by atoms with Gasteiger partial charge in [0.2, 0.25) is 5.95 Å². The predicted molar refractivity (Wildman–Crippen MR) is 99.1 cm³/mol. The van der Waals surface area contributed by atoms with Gasteiger partial charge in [0, 0.05) is 32.1 Å². The highest BCUT2D eigenvalue weighted by atomic mass is 35.5. The summed E-state index contributed by atoms with van der Waals surface area (Å²) in [6, 6.07) is 0. The van der Waals surface area contributed by atoms with E-state index in [4.69, 9.17) is 22.8 Å². The summed E-state index contributed by atoms with van der Waals surface area (Å²) in [5.74, 6) is 2.02. The lowest BCUT2D eigenvalue weighted by molar-refractivity contribution is -0.00985. The fourth-order valence-corrected chi connectivity index (χ4v) is 3.87. The first-order valence-electron chi connectivity index (χ1n) is 8.72. The molecule has 1 heterocycles. The number of hydrogen-bond acceptors (Lipinski definition) is 7. The lowest BCUT2D eigenvalue weighted by atomic mass is 9.82. The number of nitrogens with one attached hydrogen (secondary N) is 1. The minimum Gasteiger partial charge on any atom is -0.396 e. The van der Waals surface area contributed by atoms with Gasteiger partial charge in [0.25, 0.3) is 0 Å². The molecule has 0 aromatic carbocycles. The summed E-state index contributed by atoms with van der Waals surface area (Å²) in [5.41, 5.74) is 0.967. The van der Waals surface area contributed by atoms with Crippen molar-refractivity contribution in [2.45, 2.75) is 37.9 Å². The van der Waals surface area contributed by atoms with Gasteiger partial charge in [0.05, 0.1) is 30.1 Å². The van der Waals surface area contributed by atoms with Crippen molar-refractivity contribution < 1.29 is 20.1 Å². The van der Waals surface area contributed by atoms with Gasteiger partial charge >= 0.3 is 0 Å². The van der Waals surface area contributed by atoms with Crippen LogP contribution in [0.15, 0.2) is 0 Å². The molecule has 0 saturated heterocycles. The lowest BCUT2D eigenvalue weighted by Crippen LogP contribution is -2.32. The summed E-state index contributed by atoms with van der Waals surface area (Å²) in [4.78, 5) is 8.72. The number of aliphatic hydroxyl groups excluding tert-OH is 3. The molecule has 26 heavy (non-hydrogen) atoms. The molecule has 1 saturated carbocycles. The largest absolute Gasteiger partial charge is 0.396 e. The number of rotatable bonds is 8. The smallest absolute Gasteiger partial charge is 0.224 e. The van der Waals surface area contributed by atoms with Crippen LogP contribution in [0.25, 0.3) is 0 Å². The number of halogens is 1. The van der Waals surface area contributed by atoms with Crippen LogP contribution in [0.5, 0.6) is 0 Å². The van der Waals surface area contributed by atoms with E-state index in [1.807, 2.05) is 6.92 Å². The standard InChI is InChI=1S/C18H26ClN3O4/c1-4-11(13-8-10(9-23)15(24)16(13)25)14-12(5-2)17(19)22-18(21-14)20-6-7-26-3/h2,10-11,13,15-16,23-25H,4,6-9H2,1,3H3,(H,20,21,22). The number of nitrogens with zero attached hydrogens (tertiary/aromatic N) is 2. The fourth-order valence-electron chi connectivity index (χ4n) is 3.64. The van der Waals surface area contributed by atoms with Gasteiger partial charge in [0.15, 0.2) is 5.15 Å². The van der Waals surface area contributed by atoms with Crippen molar-refractivity contribution in [2.24, 2.45) is 11.8 Å². The van der Waals surface area contributed by atoms with Gasteiger partial charge in [-0.15, -0.1) is 6.42 Å². The minimum absolute atomic E-state index is 0.169. The SMILES string of the molecule is C#Cc1c(Cl)nc(NCCOC)nc1C(CC)C1CC(CO)C(O)C1O. The van der Waals surface area contributed by atoms with E-state index in [2.05, 4.69) is 21.2 Å². The second-order valence-corrected chi connectivity index (χ2v) is 6.86. The van der Waals surface area contributed by atoms with Gasteiger partial charge in [-0.05, 0) is 18.8 Å². The topological polar surface area (TPSA) is 108 Å². The normalized spacial score (nSPS) is 26.5. The average molecular weight is 384 g/mol. The van der Waals surface area contributed by atoms with Crippen LogP contribution in [-0.4, -0.2) is 64.4 Å². The van der Waals surface area contributed by atoms with Crippen LogP contribution in [0.2, 0.25) is 5.15 Å². The summed E-state index contributed by atoms with van der Waals surface area (Å²) in [6.07, 6.45) is 4.82. The van der Waals surface area contributed by atoms with E-state index >= 15 is 0 Å². The van der Waals surface area contributed by atoms with Gasteiger partial charge in [-0.2, -0.15) is 4.98 Å². The zero-order valence-corrected chi connectivity index (χ0v) is 15.8. The van der Waals surface area contributed by atoms with Gasteiger partial charge in [-0.3, -0.25) is 0 Å². The average Bonchev–Trinajstić information content (AvgIpc) is 2.91. The number of methoxy groups -OCH3 is 1. The first-order valence-corrected chi connectivity index (χ1v) is 9.10. The zero-order chi connectivity index (χ0) is 19.3. The molecule has 0 amide bonds. The number of terminal acetylenes is 1. The van der Waals surface area contributed by atoms with Gasteiger partial charge in [-0.25, -0.2) is 4.98 Å². The molecule has 0 radical (unpaired) electrons. The van der Waals surface area contributed by atoms with Crippen LogP contribution in [0, 0.1) is 24.2 Å². The Labute approximate surface area is 158 Å². The zero-order valence-electron chi connectivity index (χ0n) is 15.0. The summed E-state index contributed by atoms with van der Waals surface area (Å²) in [6.45, 7) is 2.78. The highest BCUT2D eigenvalue weighted by Crippen LogP contribution is 2.43. The summed E-state index contributed by atoms with van der Waals surface area (Å²) < 4.78 is 5.00. The highest BCUT2D eigenvalue weighted by molar-refractivity contribution is 6.30.